The van der Waals surface area contributed by atoms with E-state index in [-0.39, 0.29) is 24.0 Å². The van der Waals surface area contributed by atoms with E-state index in [4.69, 9.17) is 4.74 Å². The molecule has 0 aliphatic heterocycles. The van der Waals surface area contributed by atoms with Crippen molar-refractivity contribution in [3.63, 3.8) is 0 Å². The molecule has 0 aromatic heterocycles. The molecule has 0 aliphatic rings. The van der Waals surface area contributed by atoms with Gasteiger partial charge in [-0.1, -0.05) is 19.8 Å². The van der Waals surface area contributed by atoms with Crippen molar-refractivity contribution in [3.05, 3.63) is 0 Å². The molecule has 0 amide bonds. The molecule has 0 aromatic rings. The second-order valence-electron chi connectivity index (χ2n) is 5.57. The molecule has 0 aliphatic carbocycles. The lowest BCUT2D eigenvalue weighted by Crippen LogP contribution is -2.42. The summed E-state index contributed by atoms with van der Waals surface area (Å²) in [5, 5.41) is 13.0. The number of unbranched alkanes of at least 4 members (excludes halogenated alkanes) is 1. The van der Waals surface area contributed by atoms with E-state index in [2.05, 4.69) is 39.9 Å². The standard InChI is InChI=1S/C13H29NO2.ClH/c1-6-7-8-11(2)16-10-12(15)9-14-13(3,4)5;/h11-12,14-15H,6-10H2,1-5H3;1H. The maximum atomic E-state index is 9.70. The van der Waals surface area contributed by atoms with Crippen molar-refractivity contribution >= 4 is 12.4 Å². The molecule has 0 spiro atoms. The highest BCUT2D eigenvalue weighted by atomic mass is 35.5. The van der Waals surface area contributed by atoms with Crippen molar-refractivity contribution in [1.82, 2.24) is 5.32 Å². The largest absolute Gasteiger partial charge is 0.389 e. The highest BCUT2D eigenvalue weighted by Gasteiger charge is 2.13. The van der Waals surface area contributed by atoms with Gasteiger partial charge in [0.25, 0.3) is 0 Å². The smallest absolute Gasteiger partial charge is 0.0898 e. The Labute approximate surface area is 113 Å². The average molecular weight is 268 g/mol. The maximum absolute atomic E-state index is 9.70. The molecule has 2 unspecified atom stereocenters. The van der Waals surface area contributed by atoms with Gasteiger partial charge in [-0.2, -0.15) is 0 Å². The summed E-state index contributed by atoms with van der Waals surface area (Å²) in [4.78, 5) is 0. The number of rotatable bonds is 8. The second-order valence-corrected chi connectivity index (χ2v) is 5.57. The summed E-state index contributed by atoms with van der Waals surface area (Å²) in [6, 6.07) is 0. The molecule has 0 heterocycles. The monoisotopic (exact) mass is 267 g/mol. The van der Waals surface area contributed by atoms with Crippen molar-refractivity contribution in [2.45, 2.75) is 71.6 Å². The topological polar surface area (TPSA) is 41.5 Å². The van der Waals surface area contributed by atoms with Crippen molar-refractivity contribution < 1.29 is 9.84 Å². The van der Waals surface area contributed by atoms with Crippen LogP contribution in [-0.2, 0) is 4.74 Å². The van der Waals surface area contributed by atoms with Gasteiger partial charge < -0.3 is 15.2 Å². The highest BCUT2D eigenvalue weighted by Crippen LogP contribution is 2.05. The Morgan fingerprint density at radius 1 is 1.29 bits per heavy atom. The summed E-state index contributed by atoms with van der Waals surface area (Å²) in [5.41, 5.74) is 0.0504. The number of halogens is 1. The summed E-state index contributed by atoms with van der Waals surface area (Å²) < 4.78 is 5.58. The molecule has 17 heavy (non-hydrogen) atoms. The predicted molar refractivity (Wildman–Crippen MR) is 75.9 cm³/mol. The van der Waals surface area contributed by atoms with Crippen molar-refractivity contribution in [2.24, 2.45) is 0 Å². The van der Waals surface area contributed by atoms with Gasteiger partial charge in [-0.25, -0.2) is 0 Å². The van der Waals surface area contributed by atoms with E-state index in [0.717, 1.165) is 6.42 Å². The summed E-state index contributed by atoms with van der Waals surface area (Å²) in [6.07, 6.45) is 3.31. The van der Waals surface area contributed by atoms with Crippen LogP contribution in [0.3, 0.4) is 0 Å². The fourth-order valence-electron chi connectivity index (χ4n) is 1.33. The second kappa shape index (κ2) is 10.1. The first-order chi connectivity index (χ1) is 7.35. The minimum absolute atomic E-state index is 0. The van der Waals surface area contributed by atoms with E-state index in [1.54, 1.807) is 0 Å². The minimum atomic E-state index is -0.414. The molecule has 0 radical (unpaired) electrons. The lowest BCUT2D eigenvalue weighted by atomic mass is 10.1. The van der Waals surface area contributed by atoms with Crippen LogP contribution in [0, 0.1) is 0 Å². The van der Waals surface area contributed by atoms with Gasteiger partial charge >= 0.3 is 0 Å². The van der Waals surface area contributed by atoms with E-state index < -0.39 is 6.10 Å². The van der Waals surface area contributed by atoms with Crippen LogP contribution in [0.2, 0.25) is 0 Å². The van der Waals surface area contributed by atoms with Crippen LogP contribution in [-0.4, -0.2) is 36.0 Å². The molecule has 3 nitrogen and oxygen atoms in total. The van der Waals surface area contributed by atoms with Gasteiger partial charge in [-0.05, 0) is 34.1 Å². The van der Waals surface area contributed by atoms with Crippen molar-refractivity contribution in [1.29, 1.82) is 0 Å². The number of β-amino-alcohol motifs (C(OH)–C–C–N with tert-alkyl or cyclic N) is 1. The van der Waals surface area contributed by atoms with E-state index >= 15 is 0 Å². The average Bonchev–Trinajstić information content (AvgIpc) is 2.19. The molecule has 4 heteroatoms. The Kier molecular flexibility index (Phi) is 11.6. The minimum Gasteiger partial charge on any atom is -0.389 e. The van der Waals surface area contributed by atoms with Gasteiger partial charge in [0.05, 0.1) is 18.8 Å². The van der Waals surface area contributed by atoms with E-state index in [9.17, 15) is 5.11 Å². The van der Waals surface area contributed by atoms with Crippen LogP contribution >= 0.6 is 12.4 Å². The zero-order chi connectivity index (χ0) is 12.6. The number of ether oxygens (including phenoxy) is 1. The molecule has 0 fully saturated rings. The lowest BCUT2D eigenvalue weighted by Gasteiger charge is -2.23. The third-order valence-corrected chi connectivity index (χ3v) is 2.41. The Hall–Kier alpha value is 0.170. The van der Waals surface area contributed by atoms with Gasteiger partial charge in [-0.3, -0.25) is 0 Å². The third kappa shape index (κ3) is 14.1. The number of nitrogens with one attached hydrogen (secondary N) is 1. The summed E-state index contributed by atoms with van der Waals surface area (Å²) >= 11 is 0. The first kappa shape index (κ1) is 19.5. The molecule has 2 atom stereocenters. The fourth-order valence-corrected chi connectivity index (χ4v) is 1.33. The predicted octanol–water partition coefficient (Wildman–Crippen LogP) is 2.75. The number of hydrogen-bond donors (Lipinski definition) is 2. The van der Waals surface area contributed by atoms with Crippen molar-refractivity contribution in [2.75, 3.05) is 13.2 Å². The highest BCUT2D eigenvalue weighted by molar-refractivity contribution is 5.85. The van der Waals surface area contributed by atoms with Crippen LogP contribution in [0.15, 0.2) is 0 Å². The quantitative estimate of drug-likeness (QED) is 0.711. The van der Waals surface area contributed by atoms with Crippen LogP contribution in [0.25, 0.3) is 0 Å². The zero-order valence-electron chi connectivity index (χ0n) is 12.0. The van der Waals surface area contributed by atoms with Gasteiger partial charge in [0.1, 0.15) is 0 Å². The Morgan fingerprint density at radius 2 is 1.88 bits per heavy atom. The summed E-state index contributed by atoms with van der Waals surface area (Å²) in [7, 11) is 0. The molecule has 0 rings (SSSR count). The SMILES string of the molecule is CCCCC(C)OCC(O)CNC(C)(C)C.Cl. The van der Waals surface area contributed by atoms with E-state index in [1.165, 1.54) is 12.8 Å². The molecular formula is C13H30ClNO2. The van der Waals surface area contributed by atoms with Gasteiger partial charge in [0.15, 0.2) is 0 Å². The first-order valence-corrected chi connectivity index (χ1v) is 6.40. The molecule has 0 saturated carbocycles. The van der Waals surface area contributed by atoms with Crippen LogP contribution in [0.4, 0.5) is 0 Å². The summed E-state index contributed by atoms with van der Waals surface area (Å²) in [6.45, 7) is 11.5. The lowest BCUT2D eigenvalue weighted by molar-refractivity contribution is -0.00653. The Morgan fingerprint density at radius 3 is 2.35 bits per heavy atom. The Balaban J connectivity index is 0. The van der Waals surface area contributed by atoms with Crippen LogP contribution in [0.5, 0.6) is 0 Å². The van der Waals surface area contributed by atoms with Gasteiger partial charge in [-0.15, -0.1) is 12.4 Å². The number of aliphatic hydroxyl groups is 1. The van der Waals surface area contributed by atoms with Gasteiger partial charge in [0.2, 0.25) is 0 Å². The van der Waals surface area contributed by atoms with Crippen LogP contribution < -0.4 is 5.32 Å². The third-order valence-electron chi connectivity index (χ3n) is 2.41. The van der Waals surface area contributed by atoms with E-state index in [0.29, 0.717) is 13.2 Å². The molecule has 2 N–H and O–H groups in total. The number of hydrogen-bond acceptors (Lipinski definition) is 3. The van der Waals surface area contributed by atoms with Crippen LogP contribution in [0.1, 0.15) is 53.9 Å². The zero-order valence-corrected chi connectivity index (χ0v) is 12.8. The fraction of sp³-hybridized carbons (Fsp3) is 1.00. The Bertz CT molecular complexity index is 171. The maximum Gasteiger partial charge on any atom is 0.0898 e. The molecule has 0 saturated heterocycles. The molecule has 0 aromatic carbocycles. The molecular weight excluding hydrogens is 238 g/mol. The van der Waals surface area contributed by atoms with Gasteiger partial charge in [0, 0.05) is 12.1 Å². The molecule has 106 valence electrons. The molecule has 0 bridgehead atoms. The van der Waals surface area contributed by atoms with E-state index in [1.807, 2.05) is 0 Å². The summed E-state index contributed by atoms with van der Waals surface area (Å²) in [5.74, 6) is 0. The van der Waals surface area contributed by atoms with Crippen molar-refractivity contribution in [3.8, 4) is 0 Å². The number of aliphatic hydroxyl groups excluding tert-OH is 1. The normalized spacial score (nSPS) is 15.2. The first-order valence-electron chi connectivity index (χ1n) is 6.40.